The average Bonchev–Trinajstić information content (AvgIpc) is 3.10. The number of fused-ring (bicyclic) bond motifs is 1. The lowest BCUT2D eigenvalue weighted by atomic mass is 10.0. The van der Waals surface area contributed by atoms with Crippen molar-refractivity contribution in [3.8, 4) is 6.07 Å². The number of likely N-dealkylation sites (tertiary alicyclic amines) is 1. The van der Waals surface area contributed by atoms with Crippen molar-refractivity contribution in [1.82, 2.24) is 20.0 Å². The monoisotopic (exact) mass is 338 g/mol. The van der Waals surface area contributed by atoms with Crippen LogP contribution in [0.3, 0.4) is 0 Å². The van der Waals surface area contributed by atoms with Gasteiger partial charge in [0, 0.05) is 30.4 Å². The number of rotatable bonds is 4. The Morgan fingerprint density at radius 2 is 2.24 bits per heavy atom. The van der Waals surface area contributed by atoms with E-state index in [0.29, 0.717) is 0 Å². The van der Waals surface area contributed by atoms with E-state index >= 15 is 0 Å². The molecule has 7 heteroatoms. The van der Waals surface area contributed by atoms with E-state index in [1.165, 1.54) is 6.20 Å². The Kier molecular flexibility index (Phi) is 5.00. The van der Waals surface area contributed by atoms with E-state index in [-0.39, 0.29) is 17.5 Å². The Bertz CT molecular complexity index is 825. The molecule has 0 radical (unpaired) electrons. The molecule has 25 heavy (non-hydrogen) atoms. The Morgan fingerprint density at radius 1 is 1.48 bits per heavy atom. The molecular formula is C18H22N6O. The van der Waals surface area contributed by atoms with Crippen LogP contribution in [0.4, 0.5) is 5.69 Å². The fourth-order valence-corrected chi connectivity index (χ4v) is 3.06. The van der Waals surface area contributed by atoms with Gasteiger partial charge in [-0.15, -0.1) is 0 Å². The topological polar surface area (TPSA) is 88.1 Å². The van der Waals surface area contributed by atoms with Gasteiger partial charge in [0.05, 0.1) is 11.7 Å². The summed E-state index contributed by atoms with van der Waals surface area (Å²) in [6.07, 6.45) is 5.09. The zero-order chi connectivity index (χ0) is 17.8. The maximum Gasteiger partial charge on any atom is 0.266 e. The highest BCUT2D eigenvalue weighted by Gasteiger charge is 2.25. The summed E-state index contributed by atoms with van der Waals surface area (Å²) in [6, 6.07) is 7.89. The zero-order valence-corrected chi connectivity index (χ0v) is 14.5. The van der Waals surface area contributed by atoms with Crippen LogP contribution in [0.25, 0.3) is 10.9 Å². The number of hydrogen-bond donors (Lipinski definition) is 2. The first-order chi connectivity index (χ1) is 12.1. The van der Waals surface area contributed by atoms with E-state index in [0.717, 1.165) is 42.5 Å². The Labute approximate surface area is 146 Å². The second-order valence-electron chi connectivity index (χ2n) is 6.44. The second-order valence-corrected chi connectivity index (χ2v) is 6.44. The predicted octanol–water partition coefficient (Wildman–Crippen LogP) is 1.93. The molecule has 2 heterocycles. The third-order valence-electron chi connectivity index (χ3n) is 4.73. The molecule has 0 unspecified atom stereocenters. The van der Waals surface area contributed by atoms with Crippen LogP contribution >= 0.6 is 0 Å². The van der Waals surface area contributed by atoms with Gasteiger partial charge in [0.25, 0.3) is 5.91 Å². The highest BCUT2D eigenvalue weighted by atomic mass is 16.2. The number of nitrogens with one attached hydrogen (secondary N) is 2. The lowest BCUT2D eigenvalue weighted by Crippen LogP contribution is -2.44. The number of anilines is 1. The second kappa shape index (κ2) is 7.36. The summed E-state index contributed by atoms with van der Waals surface area (Å²) in [5.74, 6) is -0.243. The van der Waals surface area contributed by atoms with E-state index in [2.05, 4.69) is 27.5 Å². The number of carbonyl (C=O) groups excluding carboxylic acids is 1. The zero-order valence-electron chi connectivity index (χ0n) is 14.5. The van der Waals surface area contributed by atoms with Gasteiger partial charge in [0.2, 0.25) is 0 Å². The number of H-pyrrole nitrogens is 1. The van der Waals surface area contributed by atoms with E-state index < -0.39 is 0 Å². The average molecular weight is 338 g/mol. The molecule has 130 valence electrons. The normalized spacial score (nSPS) is 16.6. The Balaban J connectivity index is 1.68. The highest BCUT2D eigenvalue weighted by molar-refractivity contribution is 5.97. The molecule has 1 fully saturated rings. The molecule has 1 saturated heterocycles. The van der Waals surface area contributed by atoms with Crippen LogP contribution in [0.5, 0.6) is 0 Å². The predicted molar refractivity (Wildman–Crippen MR) is 96.7 cm³/mol. The first kappa shape index (κ1) is 17.0. The van der Waals surface area contributed by atoms with Crippen molar-refractivity contribution < 1.29 is 4.79 Å². The van der Waals surface area contributed by atoms with Crippen molar-refractivity contribution in [2.75, 3.05) is 32.5 Å². The molecule has 0 bridgehead atoms. The van der Waals surface area contributed by atoms with Gasteiger partial charge in [-0.05, 0) is 51.2 Å². The molecule has 0 aliphatic carbocycles. The van der Waals surface area contributed by atoms with Crippen LogP contribution in [0.2, 0.25) is 0 Å². The van der Waals surface area contributed by atoms with E-state index in [1.54, 1.807) is 18.1 Å². The van der Waals surface area contributed by atoms with Gasteiger partial charge in [-0.25, -0.2) is 0 Å². The van der Waals surface area contributed by atoms with Crippen LogP contribution in [-0.2, 0) is 4.79 Å². The molecule has 1 aliphatic rings. The number of benzene rings is 1. The molecule has 3 rings (SSSR count). The standard InChI is InChI=1S/C18H22N6O/c1-23-7-5-16(6-8-23)24(2)18(25)14(10-19)11-20-15-4-3-13-12-21-22-17(13)9-15/h3-4,9,11-12,16,20H,5-8H2,1-2H3,(H,21,22)/b14-11-. The van der Waals surface area contributed by atoms with Crippen molar-refractivity contribution in [2.45, 2.75) is 18.9 Å². The number of piperidine rings is 1. The van der Waals surface area contributed by atoms with E-state index in [9.17, 15) is 10.1 Å². The number of hydrogen-bond acceptors (Lipinski definition) is 5. The summed E-state index contributed by atoms with van der Waals surface area (Å²) in [5, 5.41) is 20.3. The fourth-order valence-electron chi connectivity index (χ4n) is 3.06. The molecule has 7 nitrogen and oxygen atoms in total. The van der Waals surface area contributed by atoms with Crippen molar-refractivity contribution in [3.63, 3.8) is 0 Å². The molecule has 1 aromatic carbocycles. The summed E-state index contributed by atoms with van der Waals surface area (Å²) in [5.41, 5.74) is 1.79. The third-order valence-corrected chi connectivity index (χ3v) is 4.73. The third kappa shape index (κ3) is 3.80. The van der Waals surface area contributed by atoms with Crippen molar-refractivity contribution >= 4 is 22.5 Å². The van der Waals surface area contributed by atoms with Crippen molar-refractivity contribution in [2.24, 2.45) is 0 Å². The Morgan fingerprint density at radius 3 is 2.96 bits per heavy atom. The quantitative estimate of drug-likeness (QED) is 0.657. The minimum Gasteiger partial charge on any atom is -0.360 e. The van der Waals surface area contributed by atoms with Crippen LogP contribution in [0, 0.1) is 11.3 Å². The minimum absolute atomic E-state index is 0.103. The molecule has 0 saturated carbocycles. The number of likely N-dealkylation sites (N-methyl/N-ethyl adjacent to an activating group) is 1. The number of carbonyl (C=O) groups is 1. The molecule has 1 aliphatic heterocycles. The first-order valence-corrected chi connectivity index (χ1v) is 8.34. The van der Waals surface area contributed by atoms with Gasteiger partial charge in [-0.3, -0.25) is 9.89 Å². The van der Waals surface area contributed by atoms with Crippen LogP contribution < -0.4 is 5.32 Å². The van der Waals surface area contributed by atoms with Crippen molar-refractivity contribution in [3.05, 3.63) is 36.2 Å². The summed E-state index contributed by atoms with van der Waals surface area (Å²) in [6.45, 7) is 1.94. The molecule has 2 aromatic rings. The lowest BCUT2D eigenvalue weighted by molar-refractivity contribution is -0.128. The SMILES string of the molecule is CN1CCC(N(C)C(=O)/C(C#N)=C\Nc2ccc3cn[nH]c3c2)CC1. The van der Waals surface area contributed by atoms with E-state index in [1.807, 2.05) is 24.3 Å². The van der Waals surface area contributed by atoms with Gasteiger partial charge < -0.3 is 15.1 Å². The van der Waals surface area contributed by atoms with Gasteiger partial charge in [0.1, 0.15) is 11.6 Å². The maximum absolute atomic E-state index is 12.6. The van der Waals surface area contributed by atoms with Gasteiger partial charge >= 0.3 is 0 Å². The molecule has 2 N–H and O–H groups in total. The fraction of sp³-hybridized carbons (Fsp3) is 0.389. The highest BCUT2D eigenvalue weighted by Crippen LogP contribution is 2.18. The number of nitrogens with zero attached hydrogens (tertiary/aromatic N) is 4. The summed E-state index contributed by atoms with van der Waals surface area (Å²) in [4.78, 5) is 16.6. The summed E-state index contributed by atoms with van der Waals surface area (Å²) >= 11 is 0. The molecule has 1 amide bonds. The molecular weight excluding hydrogens is 316 g/mol. The van der Waals surface area contributed by atoms with Gasteiger partial charge in [-0.1, -0.05) is 0 Å². The smallest absolute Gasteiger partial charge is 0.266 e. The first-order valence-electron chi connectivity index (χ1n) is 8.34. The summed E-state index contributed by atoms with van der Waals surface area (Å²) in [7, 11) is 3.86. The maximum atomic E-state index is 12.6. The molecule has 0 atom stereocenters. The van der Waals surface area contributed by atoms with E-state index in [4.69, 9.17) is 0 Å². The van der Waals surface area contributed by atoms with Gasteiger partial charge in [0.15, 0.2) is 0 Å². The number of aromatic amines is 1. The minimum atomic E-state index is -0.243. The number of aromatic nitrogens is 2. The van der Waals surface area contributed by atoms with Crippen LogP contribution in [0.1, 0.15) is 12.8 Å². The Hall–Kier alpha value is -2.85. The van der Waals surface area contributed by atoms with Crippen LogP contribution in [0.15, 0.2) is 36.2 Å². The van der Waals surface area contributed by atoms with Crippen LogP contribution in [-0.4, -0.2) is 59.1 Å². The molecule has 0 spiro atoms. The number of nitriles is 1. The molecule has 1 aromatic heterocycles. The summed E-state index contributed by atoms with van der Waals surface area (Å²) < 4.78 is 0. The van der Waals surface area contributed by atoms with Gasteiger partial charge in [-0.2, -0.15) is 10.4 Å². The largest absolute Gasteiger partial charge is 0.360 e. The number of amides is 1. The lowest BCUT2D eigenvalue weighted by Gasteiger charge is -2.34. The van der Waals surface area contributed by atoms with Crippen molar-refractivity contribution in [1.29, 1.82) is 5.26 Å².